The number of esters is 1. The van der Waals surface area contributed by atoms with E-state index in [1.165, 1.54) is 25.7 Å². The van der Waals surface area contributed by atoms with Gasteiger partial charge in [0.05, 0.1) is 12.7 Å². The summed E-state index contributed by atoms with van der Waals surface area (Å²) in [4.78, 5) is 11.7. The highest BCUT2D eigenvalue weighted by Gasteiger charge is 2.13. The van der Waals surface area contributed by atoms with Crippen molar-refractivity contribution in [3.63, 3.8) is 0 Å². The predicted molar refractivity (Wildman–Crippen MR) is 87.7 cm³/mol. The Morgan fingerprint density at radius 2 is 2.10 bits per heavy atom. The molecule has 1 rings (SSSR count). The summed E-state index contributed by atoms with van der Waals surface area (Å²) >= 11 is 1.88. The summed E-state index contributed by atoms with van der Waals surface area (Å²) in [6.07, 6.45) is 5.71. The van der Waals surface area contributed by atoms with Gasteiger partial charge in [-0.2, -0.15) is 11.8 Å². The third kappa shape index (κ3) is 4.96. The molecule has 3 N–H and O–H groups in total. The third-order valence-electron chi connectivity index (χ3n) is 3.15. The first-order valence-electron chi connectivity index (χ1n) is 6.81. The number of methoxy groups -OCH3 is 1. The monoisotopic (exact) mass is 296 g/mol. The van der Waals surface area contributed by atoms with E-state index in [1.54, 1.807) is 6.07 Å². The number of hydrogen-bond acceptors (Lipinski definition) is 5. The van der Waals surface area contributed by atoms with Gasteiger partial charge in [0.1, 0.15) is 0 Å². The van der Waals surface area contributed by atoms with Gasteiger partial charge in [-0.15, -0.1) is 0 Å². The van der Waals surface area contributed by atoms with Crippen LogP contribution in [0.25, 0.3) is 0 Å². The molecular weight excluding hydrogens is 272 g/mol. The van der Waals surface area contributed by atoms with Crippen LogP contribution >= 0.6 is 11.8 Å². The van der Waals surface area contributed by atoms with E-state index in [2.05, 4.69) is 11.6 Å². The van der Waals surface area contributed by atoms with Gasteiger partial charge in [0.15, 0.2) is 0 Å². The van der Waals surface area contributed by atoms with E-state index < -0.39 is 5.97 Å². The quantitative estimate of drug-likeness (QED) is 0.438. The molecule has 1 aromatic carbocycles. The molecule has 0 atom stereocenters. The molecule has 0 heterocycles. The Kier molecular flexibility index (Phi) is 7.30. The molecule has 0 aliphatic heterocycles. The Labute approximate surface area is 125 Å². The van der Waals surface area contributed by atoms with Crippen LogP contribution in [-0.2, 0) is 4.74 Å². The van der Waals surface area contributed by atoms with Crippen LogP contribution in [0, 0.1) is 6.92 Å². The summed E-state index contributed by atoms with van der Waals surface area (Å²) in [6, 6.07) is 3.72. The minimum Gasteiger partial charge on any atom is -0.465 e. The van der Waals surface area contributed by atoms with Crippen LogP contribution in [-0.4, -0.2) is 31.6 Å². The first kappa shape index (κ1) is 16.7. The second kappa shape index (κ2) is 8.74. The SMILES string of the molecule is COC(=O)c1cc(NCCCCCSC)cc(C)c1N. The van der Waals surface area contributed by atoms with E-state index in [4.69, 9.17) is 10.5 Å². The predicted octanol–water partition coefficient (Wildman–Crippen LogP) is 3.31. The van der Waals surface area contributed by atoms with Gasteiger partial charge in [-0.05, 0) is 49.5 Å². The second-order valence-electron chi connectivity index (χ2n) is 4.73. The summed E-state index contributed by atoms with van der Waals surface area (Å²) in [7, 11) is 1.36. The normalized spacial score (nSPS) is 10.3. The van der Waals surface area contributed by atoms with Crippen molar-refractivity contribution in [3.05, 3.63) is 23.3 Å². The Balaban J connectivity index is 2.58. The minimum absolute atomic E-state index is 0.394. The summed E-state index contributed by atoms with van der Waals surface area (Å²) < 4.78 is 4.75. The lowest BCUT2D eigenvalue weighted by molar-refractivity contribution is 0.0602. The molecule has 0 radical (unpaired) electrons. The van der Waals surface area contributed by atoms with Gasteiger partial charge < -0.3 is 15.8 Å². The van der Waals surface area contributed by atoms with Crippen molar-refractivity contribution in [2.75, 3.05) is 36.7 Å². The lowest BCUT2D eigenvalue weighted by atomic mass is 10.1. The smallest absolute Gasteiger partial charge is 0.340 e. The van der Waals surface area contributed by atoms with Crippen LogP contribution < -0.4 is 11.1 Å². The van der Waals surface area contributed by atoms with Crippen LogP contribution in [0.5, 0.6) is 0 Å². The second-order valence-corrected chi connectivity index (χ2v) is 5.71. The maximum Gasteiger partial charge on any atom is 0.340 e. The number of nitrogens with two attached hydrogens (primary N) is 1. The molecule has 0 amide bonds. The zero-order chi connectivity index (χ0) is 15.0. The fraction of sp³-hybridized carbons (Fsp3) is 0.533. The highest BCUT2D eigenvalue weighted by atomic mass is 32.2. The largest absolute Gasteiger partial charge is 0.465 e. The number of carbonyl (C=O) groups excluding carboxylic acids is 1. The summed E-state index contributed by atoms with van der Waals surface area (Å²) in [6.45, 7) is 2.80. The van der Waals surface area contributed by atoms with Gasteiger partial charge in [0.2, 0.25) is 0 Å². The number of anilines is 2. The number of hydrogen-bond donors (Lipinski definition) is 2. The molecular formula is C15H24N2O2S. The van der Waals surface area contributed by atoms with Gasteiger partial charge in [-0.25, -0.2) is 4.79 Å². The van der Waals surface area contributed by atoms with Crippen molar-refractivity contribution in [1.29, 1.82) is 0 Å². The average molecular weight is 296 g/mol. The summed E-state index contributed by atoms with van der Waals surface area (Å²) in [5, 5.41) is 3.34. The van der Waals surface area contributed by atoms with Gasteiger partial charge in [0.25, 0.3) is 0 Å². The molecule has 0 aliphatic carbocycles. The zero-order valence-electron chi connectivity index (χ0n) is 12.5. The lowest BCUT2D eigenvalue weighted by Gasteiger charge is -2.12. The van der Waals surface area contributed by atoms with Gasteiger partial charge in [-0.3, -0.25) is 0 Å². The van der Waals surface area contributed by atoms with Crippen molar-refractivity contribution < 1.29 is 9.53 Å². The summed E-state index contributed by atoms with van der Waals surface area (Å²) in [5.74, 6) is 0.822. The van der Waals surface area contributed by atoms with Crippen molar-refractivity contribution in [1.82, 2.24) is 0 Å². The molecule has 0 saturated heterocycles. The number of nitrogens with one attached hydrogen (secondary N) is 1. The molecule has 0 aromatic heterocycles. The molecule has 5 heteroatoms. The Bertz CT molecular complexity index is 450. The highest BCUT2D eigenvalue weighted by molar-refractivity contribution is 7.98. The van der Waals surface area contributed by atoms with E-state index in [0.717, 1.165) is 24.2 Å². The average Bonchev–Trinajstić information content (AvgIpc) is 2.45. The lowest BCUT2D eigenvalue weighted by Crippen LogP contribution is -2.09. The molecule has 0 aliphatic rings. The van der Waals surface area contributed by atoms with Crippen LogP contribution in [0.2, 0.25) is 0 Å². The van der Waals surface area contributed by atoms with Crippen LogP contribution in [0.4, 0.5) is 11.4 Å². The molecule has 112 valence electrons. The van der Waals surface area contributed by atoms with Crippen molar-refractivity contribution in [2.45, 2.75) is 26.2 Å². The standard InChI is InChI=1S/C15H24N2O2S/c1-11-9-12(17-7-5-4-6-8-20-3)10-13(14(11)16)15(18)19-2/h9-10,17H,4-8,16H2,1-3H3. The minimum atomic E-state index is -0.394. The number of unbranched alkanes of at least 4 members (excludes halogenated alkanes) is 2. The molecule has 0 fully saturated rings. The van der Waals surface area contributed by atoms with E-state index in [-0.39, 0.29) is 0 Å². The van der Waals surface area contributed by atoms with E-state index in [1.807, 2.05) is 24.8 Å². The molecule has 0 saturated carbocycles. The molecule has 0 unspecified atom stereocenters. The Morgan fingerprint density at radius 1 is 1.35 bits per heavy atom. The number of aryl methyl sites for hydroxylation is 1. The zero-order valence-corrected chi connectivity index (χ0v) is 13.3. The van der Waals surface area contributed by atoms with E-state index in [9.17, 15) is 4.79 Å². The van der Waals surface area contributed by atoms with Crippen molar-refractivity contribution in [3.8, 4) is 0 Å². The topological polar surface area (TPSA) is 64.3 Å². The van der Waals surface area contributed by atoms with Crippen molar-refractivity contribution in [2.24, 2.45) is 0 Å². The number of ether oxygens (including phenoxy) is 1. The van der Waals surface area contributed by atoms with Crippen LogP contribution in [0.15, 0.2) is 12.1 Å². The fourth-order valence-corrected chi connectivity index (χ4v) is 2.45. The fourth-order valence-electron chi connectivity index (χ4n) is 1.96. The molecule has 4 nitrogen and oxygen atoms in total. The number of carbonyl (C=O) groups is 1. The molecule has 0 bridgehead atoms. The molecule has 0 spiro atoms. The van der Waals surface area contributed by atoms with E-state index in [0.29, 0.717) is 11.3 Å². The van der Waals surface area contributed by atoms with E-state index >= 15 is 0 Å². The first-order chi connectivity index (χ1) is 9.60. The number of benzene rings is 1. The van der Waals surface area contributed by atoms with Gasteiger partial charge >= 0.3 is 5.97 Å². The Hall–Kier alpha value is -1.36. The highest BCUT2D eigenvalue weighted by Crippen LogP contribution is 2.23. The molecule has 20 heavy (non-hydrogen) atoms. The van der Waals surface area contributed by atoms with Gasteiger partial charge in [0, 0.05) is 17.9 Å². The maximum absolute atomic E-state index is 11.7. The van der Waals surface area contributed by atoms with Crippen molar-refractivity contribution >= 4 is 29.1 Å². The molecule has 1 aromatic rings. The maximum atomic E-state index is 11.7. The third-order valence-corrected chi connectivity index (χ3v) is 3.84. The number of rotatable bonds is 8. The summed E-state index contributed by atoms with van der Waals surface area (Å²) in [5.41, 5.74) is 8.63. The van der Waals surface area contributed by atoms with Crippen LogP contribution in [0.3, 0.4) is 0 Å². The Morgan fingerprint density at radius 3 is 2.75 bits per heavy atom. The van der Waals surface area contributed by atoms with Gasteiger partial charge in [-0.1, -0.05) is 6.42 Å². The number of nitrogen functional groups attached to an aromatic ring is 1. The number of thioether (sulfide) groups is 1. The van der Waals surface area contributed by atoms with Crippen LogP contribution in [0.1, 0.15) is 35.2 Å². The first-order valence-corrected chi connectivity index (χ1v) is 8.20.